The number of rotatable bonds is 4. The van der Waals surface area contributed by atoms with E-state index < -0.39 is 0 Å². The summed E-state index contributed by atoms with van der Waals surface area (Å²) in [7, 11) is 1.66. The van der Waals surface area contributed by atoms with Gasteiger partial charge in [-0.05, 0) is 30.7 Å². The Morgan fingerprint density at radius 2 is 2.21 bits per heavy atom. The van der Waals surface area contributed by atoms with Gasteiger partial charge in [-0.1, -0.05) is 17.3 Å². The summed E-state index contributed by atoms with van der Waals surface area (Å²) < 4.78 is 10.5. The van der Waals surface area contributed by atoms with Gasteiger partial charge in [0.15, 0.2) is 5.82 Å². The minimum Gasteiger partial charge on any atom is -0.497 e. The van der Waals surface area contributed by atoms with Crippen molar-refractivity contribution in [3.63, 3.8) is 0 Å². The standard InChI is InChI=1S/C14H17N3O2/c1-18-12-4-2-10(3-5-12)8-13-16-14(19-17-13)11-6-7-15-9-11/h2-5,11,15H,6-9H2,1H3/t11-/m0/s1. The summed E-state index contributed by atoms with van der Waals surface area (Å²) in [5.41, 5.74) is 1.15. The lowest BCUT2D eigenvalue weighted by atomic mass is 10.1. The van der Waals surface area contributed by atoms with Crippen molar-refractivity contribution in [3.05, 3.63) is 41.5 Å². The SMILES string of the molecule is COc1ccc(Cc2noc([C@H]3CCNC3)n2)cc1. The fourth-order valence-corrected chi connectivity index (χ4v) is 2.30. The van der Waals surface area contributed by atoms with Crippen molar-refractivity contribution < 1.29 is 9.26 Å². The Labute approximate surface area is 112 Å². The largest absolute Gasteiger partial charge is 0.497 e. The Morgan fingerprint density at radius 3 is 2.89 bits per heavy atom. The molecule has 19 heavy (non-hydrogen) atoms. The molecule has 1 aliphatic heterocycles. The maximum Gasteiger partial charge on any atom is 0.231 e. The lowest BCUT2D eigenvalue weighted by molar-refractivity contribution is 0.355. The number of nitrogens with zero attached hydrogens (tertiary/aromatic N) is 2. The predicted octanol–water partition coefficient (Wildman–Crippen LogP) is 1.75. The Kier molecular flexibility index (Phi) is 3.46. The van der Waals surface area contributed by atoms with Crippen LogP contribution in [0.2, 0.25) is 0 Å². The molecule has 0 amide bonds. The molecule has 0 unspecified atom stereocenters. The van der Waals surface area contributed by atoms with Gasteiger partial charge >= 0.3 is 0 Å². The summed E-state index contributed by atoms with van der Waals surface area (Å²) in [5, 5.41) is 7.35. The van der Waals surface area contributed by atoms with Gasteiger partial charge in [-0.15, -0.1) is 0 Å². The molecule has 3 rings (SSSR count). The van der Waals surface area contributed by atoms with Crippen LogP contribution in [0.3, 0.4) is 0 Å². The van der Waals surface area contributed by atoms with E-state index in [1.165, 1.54) is 0 Å². The molecule has 0 radical (unpaired) electrons. The quantitative estimate of drug-likeness (QED) is 0.906. The lowest BCUT2D eigenvalue weighted by Crippen LogP contribution is -2.08. The molecule has 100 valence electrons. The fourth-order valence-electron chi connectivity index (χ4n) is 2.30. The second kappa shape index (κ2) is 5.40. The Morgan fingerprint density at radius 1 is 1.37 bits per heavy atom. The molecular weight excluding hydrogens is 242 g/mol. The van der Waals surface area contributed by atoms with E-state index in [1.54, 1.807) is 7.11 Å². The number of hydrogen-bond donors (Lipinski definition) is 1. The van der Waals surface area contributed by atoms with Crippen LogP contribution in [0.15, 0.2) is 28.8 Å². The van der Waals surface area contributed by atoms with E-state index in [1.807, 2.05) is 24.3 Å². The van der Waals surface area contributed by atoms with E-state index in [2.05, 4.69) is 15.5 Å². The van der Waals surface area contributed by atoms with Crippen LogP contribution in [0.4, 0.5) is 0 Å². The summed E-state index contributed by atoms with van der Waals surface area (Å²) in [6, 6.07) is 7.92. The molecule has 1 aliphatic rings. The van der Waals surface area contributed by atoms with Crippen LogP contribution < -0.4 is 10.1 Å². The van der Waals surface area contributed by atoms with Gasteiger partial charge in [0.25, 0.3) is 0 Å². The minimum atomic E-state index is 0.372. The second-order valence-electron chi connectivity index (χ2n) is 4.76. The van der Waals surface area contributed by atoms with Crippen molar-refractivity contribution in [1.29, 1.82) is 0 Å². The molecule has 0 spiro atoms. The molecule has 0 bridgehead atoms. The first kappa shape index (κ1) is 12.2. The molecule has 1 aromatic heterocycles. The molecule has 0 saturated carbocycles. The molecule has 1 saturated heterocycles. The highest BCUT2D eigenvalue weighted by molar-refractivity contribution is 5.28. The van der Waals surface area contributed by atoms with Crippen LogP contribution >= 0.6 is 0 Å². The van der Waals surface area contributed by atoms with Gasteiger partial charge in [-0.25, -0.2) is 0 Å². The van der Waals surface area contributed by atoms with Gasteiger partial charge < -0.3 is 14.6 Å². The zero-order valence-corrected chi connectivity index (χ0v) is 10.9. The Hall–Kier alpha value is -1.88. The molecule has 5 nitrogen and oxygen atoms in total. The van der Waals surface area contributed by atoms with Crippen LogP contribution in [0.25, 0.3) is 0 Å². The summed E-state index contributed by atoms with van der Waals surface area (Å²) in [5.74, 6) is 2.73. The third kappa shape index (κ3) is 2.76. The van der Waals surface area contributed by atoms with Crippen LogP contribution in [0, 0.1) is 0 Å². The third-order valence-electron chi connectivity index (χ3n) is 3.41. The molecule has 1 N–H and O–H groups in total. The first-order valence-corrected chi connectivity index (χ1v) is 6.51. The molecule has 2 heterocycles. The van der Waals surface area contributed by atoms with E-state index in [0.717, 1.165) is 42.5 Å². The molecule has 5 heteroatoms. The highest BCUT2D eigenvalue weighted by Crippen LogP contribution is 2.21. The summed E-state index contributed by atoms with van der Waals surface area (Å²) in [6.07, 6.45) is 1.76. The first-order chi connectivity index (χ1) is 9.35. The zero-order chi connectivity index (χ0) is 13.1. The van der Waals surface area contributed by atoms with Crippen molar-refractivity contribution in [2.45, 2.75) is 18.8 Å². The van der Waals surface area contributed by atoms with Crippen LogP contribution in [0.5, 0.6) is 5.75 Å². The lowest BCUT2D eigenvalue weighted by Gasteiger charge is -2.01. The molecule has 1 aromatic carbocycles. The van der Waals surface area contributed by atoms with Crippen LogP contribution in [-0.2, 0) is 6.42 Å². The summed E-state index contributed by atoms with van der Waals surface area (Å²) in [6.45, 7) is 1.96. The highest BCUT2D eigenvalue weighted by Gasteiger charge is 2.22. The number of ether oxygens (including phenoxy) is 1. The molecule has 1 atom stereocenters. The van der Waals surface area contributed by atoms with Gasteiger partial charge in [0.05, 0.1) is 13.0 Å². The minimum absolute atomic E-state index is 0.372. The van der Waals surface area contributed by atoms with Gasteiger partial charge in [-0.2, -0.15) is 4.98 Å². The van der Waals surface area contributed by atoms with Gasteiger partial charge in [0.1, 0.15) is 5.75 Å². The highest BCUT2D eigenvalue weighted by atomic mass is 16.5. The molecule has 0 aliphatic carbocycles. The van der Waals surface area contributed by atoms with E-state index in [9.17, 15) is 0 Å². The third-order valence-corrected chi connectivity index (χ3v) is 3.41. The molecule has 2 aromatic rings. The van der Waals surface area contributed by atoms with Crippen LogP contribution in [-0.4, -0.2) is 30.3 Å². The number of nitrogens with one attached hydrogen (secondary N) is 1. The maximum absolute atomic E-state index is 5.34. The van der Waals surface area contributed by atoms with Crippen molar-refractivity contribution in [1.82, 2.24) is 15.5 Å². The normalized spacial score (nSPS) is 18.7. The monoisotopic (exact) mass is 259 g/mol. The van der Waals surface area contributed by atoms with E-state index in [0.29, 0.717) is 12.3 Å². The summed E-state index contributed by atoms with van der Waals surface area (Å²) >= 11 is 0. The van der Waals surface area contributed by atoms with Gasteiger partial charge in [0.2, 0.25) is 5.89 Å². The smallest absolute Gasteiger partial charge is 0.231 e. The molecule has 1 fully saturated rings. The van der Waals surface area contributed by atoms with E-state index in [-0.39, 0.29) is 0 Å². The average molecular weight is 259 g/mol. The number of methoxy groups -OCH3 is 1. The Bertz CT molecular complexity index is 530. The van der Waals surface area contributed by atoms with Crippen molar-refractivity contribution in [2.75, 3.05) is 20.2 Å². The zero-order valence-electron chi connectivity index (χ0n) is 10.9. The van der Waals surface area contributed by atoms with Crippen molar-refractivity contribution >= 4 is 0 Å². The number of aromatic nitrogens is 2. The van der Waals surface area contributed by atoms with Crippen LogP contribution in [0.1, 0.15) is 29.6 Å². The van der Waals surface area contributed by atoms with Gasteiger partial charge in [-0.3, -0.25) is 0 Å². The predicted molar refractivity (Wildman–Crippen MR) is 70.3 cm³/mol. The molecular formula is C14H17N3O2. The van der Waals surface area contributed by atoms with Gasteiger partial charge in [0, 0.05) is 13.0 Å². The van der Waals surface area contributed by atoms with E-state index in [4.69, 9.17) is 9.26 Å². The fraction of sp³-hybridized carbons (Fsp3) is 0.429. The van der Waals surface area contributed by atoms with Crippen molar-refractivity contribution in [2.24, 2.45) is 0 Å². The second-order valence-corrected chi connectivity index (χ2v) is 4.76. The van der Waals surface area contributed by atoms with E-state index >= 15 is 0 Å². The topological polar surface area (TPSA) is 60.2 Å². The number of benzene rings is 1. The Balaban J connectivity index is 1.68. The average Bonchev–Trinajstić information content (AvgIpc) is 3.10. The summed E-state index contributed by atoms with van der Waals surface area (Å²) in [4.78, 5) is 4.48. The van der Waals surface area contributed by atoms with Crippen molar-refractivity contribution in [3.8, 4) is 5.75 Å². The first-order valence-electron chi connectivity index (χ1n) is 6.51. The number of hydrogen-bond acceptors (Lipinski definition) is 5. The maximum atomic E-state index is 5.34.